The Labute approximate surface area is 189 Å². The van der Waals surface area contributed by atoms with Crippen molar-refractivity contribution in [2.24, 2.45) is 5.73 Å². The molecule has 0 bridgehead atoms. The van der Waals surface area contributed by atoms with Gasteiger partial charge in [0, 0.05) is 64.7 Å². The van der Waals surface area contributed by atoms with E-state index < -0.39 is 26.5 Å². The van der Waals surface area contributed by atoms with Crippen LogP contribution in [0.2, 0.25) is 0 Å². The van der Waals surface area contributed by atoms with Gasteiger partial charge in [-0.2, -0.15) is 4.31 Å². The van der Waals surface area contributed by atoms with Gasteiger partial charge in [0.05, 0.1) is 13.2 Å². The molecule has 2 saturated heterocycles. The smallest absolute Gasteiger partial charge is 0.240 e. The quantitative estimate of drug-likeness (QED) is 0.562. The van der Waals surface area contributed by atoms with Crippen molar-refractivity contribution in [1.29, 1.82) is 0 Å². The molecule has 0 unspecified atom stereocenters. The van der Waals surface area contributed by atoms with E-state index in [1.165, 1.54) is 10.4 Å². The van der Waals surface area contributed by atoms with Crippen LogP contribution in [0.1, 0.15) is 19.8 Å². The number of halogens is 1. The number of nitrogens with two attached hydrogens (primary N) is 1. The molecule has 2 fully saturated rings. The molecule has 2 N–H and O–H groups in total. The lowest BCUT2D eigenvalue weighted by molar-refractivity contribution is -0.121. The first-order chi connectivity index (χ1) is 15.2. The number of likely N-dealkylation sites (tertiary alicyclic amines) is 1. The Bertz CT molecular complexity index is 897. The van der Waals surface area contributed by atoms with Gasteiger partial charge in [0.1, 0.15) is 0 Å². The van der Waals surface area contributed by atoms with E-state index in [2.05, 4.69) is 4.90 Å². The lowest BCUT2D eigenvalue weighted by atomic mass is 9.95. The van der Waals surface area contributed by atoms with Crippen molar-refractivity contribution >= 4 is 21.6 Å². The number of benzene rings is 1. The number of methoxy groups -OCH3 is 1. The highest BCUT2D eigenvalue weighted by Gasteiger charge is 2.53. The highest BCUT2D eigenvalue weighted by atomic mass is 32.2. The van der Waals surface area contributed by atoms with Gasteiger partial charge in [-0.3, -0.25) is 4.79 Å². The molecule has 1 aromatic carbocycles. The van der Waals surface area contributed by atoms with Gasteiger partial charge in [0.25, 0.3) is 0 Å². The van der Waals surface area contributed by atoms with Crippen LogP contribution in [-0.4, -0.2) is 94.4 Å². The second-order valence-corrected chi connectivity index (χ2v) is 10.4. The molecule has 2 aliphatic heterocycles. The largest absolute Gasteiger partial charge is 0.491 e. The van der Waals surface area contributed by atoms with Crippen LogP contribution < -0.4 is 15.4 Å². The first-order valence-electron chi connectivity index (χ1n) is 10.9. The summed E-state index contributed by atoms with van der Waals surface area (Å²) in [6, 6.07) is 4.74. The first-order valence-corrected chi connectivity index (χ1v) is 12.4. The van der Waals surface area contributed by atoms with Crippen LogP contribution in [0, 0.1) is 5.82 Å². The maximum atomic E-state index is 14.2. The van der Waals surface area contributed by atoms with Crippen LogP contribution in [-0.2, 0) is 19.6 Å². The second-order valence-electron chi connectivity index (χ2n) is 8.13. The van der Waals surface area contributed by atoms with E-state index in [9.17, 15) is 17.6 Å². The Balaban J connectivity index is 1.68. The molecule has 9 nitrogen and oxygen atoms in total. The summed E-state index contributed by atoms with van der Waals surface area (Å²) in [7, 11) is -2.32. The lowest BCUT2D eigenvalue weighted by Gasteiger charge is -2.43. The summed E-state index contributed by atoms with van der Waals surface area (Å²) in [5.41, 5.74) is 6.33. The Morgan fingerprint density at radius 1 is 1.16 bits per heavy atom. The number of ether oxygens (including phenoxy) is 2. The predicted octanol–water partition coefficient (Wildman–Crippen LogP) is 0.643. The zero-order valence-corrected chi connectivity index (χ0v) is 19.6. The SMILES string of the molecule is CCOc1ccc(N2CCN(S(=O)(=O)C3(C(N)=O)CCN(CCOC)CC3)CC2)cc1F. The fraction of sp³-hybridized carbons (Fsp3) is 0.667. The predicted molar refractivity (Wildman–Crippen MR) is 120 cm³/mol. The van der Waals surface area contributed by atoms with Crippen LogP contribution in [0.15, 0.2) is 18.2 Å². The summed E-state index contributed by atoms with van der Waals surface area (Å²) in [5.74, 6) is -1.05. The topological polar surface area (TPSA) is 105 Å². The van der Waals surface area contributed by atoms with Crippen molar-refractivity contribution in [2.75, 3.05) is 71.0 Å². The summed E-state index contributed by atoms with van der Waals surface area (Å²) in [6.45, 7) is 5.52. The van der Waals surface area contributed by atoms with Crippen molar-refractivity contribution < 1.29 is 27.1 Å². The highest BCUT2D eigenvalue weighted by Crippen LogP contribution is 2.34. The van der Waals surface area contributed by atoms with Crippen LogP contribution in [0.5, 0.6) is 5.75 Å². The van der Waals surface area contributed by atoms with Gasteiger partial charge in [-0.05, 0) is 31.9 Å². The van der Waals surface area contributed by atoms with Gasteiger partial charge in [-0.1, -0.05) is 0 Å². The molecule has 0 aromatic heterocycles. The van der Waals surface area contributed by atoms with Gasteiger partial charge in [-0.25, -0.2) is 12.8 Å². The molecular weight excluding hydrogens is 439 g/mol. The number of piperidine rings is 1. The van der Waals surface area contributed by atoms with Crippen molar-refractivity contribution in [3.05, 3.63) is 24.0 Å². The van der Waals surface area contributed by atoms with Gasteiger partial charge in [0.2, 0.25) is 15.9 Å². The molecular formula is C21H33FN4O5S. The van der Waals surface area contributed by atoms with Crippen molar-refractivity contribution in [2.45, 2.75) is 24.5 Å². The lowest BCUT2D eigenvalue weighted by Crippen LogP contribution is -2.63. The third-order valence-corrected chi connectivity index (χ3v) is 9.02. The number of amides is 1. The number of hydrogen-bond donors (Lipinski definition) is 1. The molecule has 2 aliphatic rings. The fourth-order valence-electron chi connectivity index (χ4n) is 4.38. The maximum Gasteiger partial charge on any atom is 0.240 e. The molecule has 32 heavy (non-hydrogen) atoms. The Morgan fingerprint density at radius 2 is 1.81 bits per heavy atom. The number of piperazine rings is 1. The van der Waals surface area contributed by atoms with Crippen molar-refractivity contribution in [3.63, 3.8) is 0 Å². The normalized spacial score (nSPS) is 20.3. The number of carbonyl (C=O) groups is 1. The molecule has 2 heterocycles. The first kappa shape index (κ1) is 24.7. The Morgan fingerprint density at radius 3 is 2.34 bits per heavy atom. The molecule has 11 heteroatoms. The monoisotopic (exact) mass is 472 g/mol. The average Bonchev–Trinajstić information content (AvgIpc) is 2.79. The molecule has 1 aromatic rings. The number of nitrogens with zero attached hydrogens (tertiary/aromatic N) is 3. The van der Waals surface area contributed by atoms with E-state index in [0.717, 1.165) is 0 Å². The van der Waals surface area contributed by atoms with Crippen molar-refractivity contribution in [1.82, 2.24) is 9.21 Å². The van der Waals surface area contributed by atoms with E-state index in [4.69, 9.17) is 15.2 Å². The van der Waals surface area contributed by atoms with E-state index in [1.807, 2.05) is 4.90 Å². The van der Waals surface area contributed by atoms with Crippen LogP contribution in [0.25, 0.3) is 0 Å². The molecule has 0 atom stereocenters. The zero-order valence-electron chi connectivity index (χ0n) is 18.8. The summed E-state index contributed by atoms with van der Waals surface area (Å²) < 4.78 is 51.4. The second kappa shape index (κ2) is 10.3. The number of hydrogen-bond acceptors (Lipinski definition) is 7. The molecule has 0 radical (unpaired) electrons. The molecule has 0 spiro atoms. The zero-order chi connectivity index (χ0) is 23.4. The van der Waals surface area contributed by atoms with Crippen LogP contribution >= 0.6 is 0 Å². The van der Waals surface area contributed by atoms with Gasteiger partial charge in [-0.15, -0.1) is 0 Å². The number of rotatable bonds is 9. The van der Waals surface area contributed by atoms with Crippen LogP contribution in [0.3, 0.4) is 0 Å². The number of sulfonamides is 1. The fourth-order valence-corrected chi connectivity index (χ4v) is 6.47. The Kier molecular flexibility index (Phi) is 7.97. The highest BCUT2D eigenvalue weighted by molar-refractivity contribution is 7.91. The van der Waals surface area contributed by atoms with E-state index >= 15 is 0 Å². The minimum atomic E-state index is -3.94. The van der Waals surface area contributed by atoms with Gasteiger partial charge < -0.3 is 25.0 Å². The summed E-state index contributed by atoms with van der Waals surface area (Å²) in [6.07, 6.45) is 0.331. The third kappa shape index (κ3) is 4.85. The summed E-state index contributed by atoms with van der Waals surface area (Å²) in [4.78, 5) is 16.4. The van der Waals surface area contributed by atoms with Crippen LogP contribution in [0.4, 0.5) is 10.1 Å². The molecule has 0 saturated carbocycles. The van der Waals surface area contributed by atoms with E-state index in [0.29, 0.717) is 51.6 Å². The molecule has 3 rings (SSSR count). The third-order valence-electron chi connectivity index (χ3n) is 6.38. The number of carbonyl (C=O) groups excluding carboxylic acids is 1. The Hall–Kier alpha value is -1.95. The van der Waals surface area contributed by atoms with Gasteiger partial charge in [0.15, 0.2) is 16.3 Å². The van der Waals surface area contributed by atoms with E-state index in [-0.39, 0.29) is 31.7 Å². The number of primary amides is 1. The van der Waals surface area contributed by atoms with Gasteiger partial charge >= 0.3 is 0 Å². The molecule has 0 aliphatic carbocycles. The molecule has 180 valence electrons. The molecule has 1 amide bonds. The number of anilines is 1. The minimum Gasteiger partial charge on any atom is -0.491 e. The summed E-state index contributed by atoms with van der Waals surface area (Å²) >= 11 is 0. The van der Waals surface area contributed by atoms with E-state index in [1.54, 1.807) is 26.2 Å². The standard InChI is InChI=1S/C21H33FN4O5S/c1-3-31-19-5-4-17(16-18(19)22)25-10-12-26(13-11-25)32(28,29)21(20(23)27)6-8-24(9-7-21)14-15-30-2/h4-5,16H,3,6-15H2,1-2H3,(H2,23,27). The minimum absolute atomic E-state index is 0.165. The maximum absolute atomic E-state index is 14.2. The van der Waals surface area contributed by atoms with Crippen molar-refractivity contribution in [3.8, 4) is 5.75 Å². The summed E-state index contributed by atoms with van der Waals surface area (Å²) in [5, 5.41) is 0. The average molecular weight is 473 g/mol.